The van der Waals surface area contributed by atoms with Crippen LogP contribution in [0.1, 0.15) is 20.8 Å². The largest absolute Gasteiger partial charge is 3.00 e. The molecule has 2 rings (SSSR count). The minimum atomic E-state index is -1.75. The third-order valence-electron chi connectivity index (χ3n) is 3.34. The topological polar surface area (TPSA) is 30.5 Å². The Kier molecular flexibility index (Phi) is 9.01. The maximum Gasteiger partial charge on any atom is 3.00 e. The number of nitrogens with one attached hydrogen (secondary N) is 1. The van der Waals surface area contributed by atoms with Crippen LogP contribution in [0.5, 0.6) is 0 Å². The van der Waals surface area contributed by atoms with Crippen molar-refractivity contribution < 1.29 is 55.4 Å². The molecule has 1 saturated heterocycles. The molecule has 3 nitrogen and oxygen atoms in total. The molecule has 2 unspecified atom stereocenters. The predicted molar refractivity (Wildman–Crippen MR) is 83.5 cm³/mol. The van der Waals surface area contributed by atoms with Crippen molar-refractivity contribution in [3.05, 3.63) is 22.2 Å². The van der Waals surface area contributed by atoms with E-state index in [2.05, 4.69) is 58.4 Å². The number of hydrogen-bond acceptors (Lipinski definition) is 3. The Morgan fingerprint density at radius 2 is 1.68 bits per heavy atom. The third kappa shape index (κ3) is 5.21. The van der Waals surface area contributed by atoms with Gasteiger partial charge >= 0.3 is 21.7 Å². The summed E-state index contributed by atoms with van der Waals surface area (Å²) < 4.78 is 12.0. The van der Waals surface area contributed by atoms with Gasteiger partial charge in [0.2, 0.25) is 0 Å². The minimum Gasteiger partial charge on any atom is -1.00 e. The first-order valence-corrected chi connectivity index (χ1v) is 12.7. The second-order valence-electron chi connectivity index (χ2n) is 7.53. The molecule has 0 aromatic carbocycles. The van der Waals surface area contributed by atoms with Crippen molar-refractivity contribution in [2.45, 2.75) is 58.6 Å². The molecule has 1 aliphatic carbocycles. The molecular weight excluding hydrogens is 389 g/mol. The zero-order valence-corrected chi connectivity index (χ0v) is 19.7. The molecule has 1 N–H and O–H groups in total. The predicted octanol–water partition coefficient (Wildman–Crippen LogP) is -3.09. The molecule has 2 aliphatic rings. The number of fused-ring (bicyclic) bond motifs is 1. The maximum atomic E-state index is 6.25. The van der Waals surface area contributed by atoms with Gasteiger partial charge in [0, 0.05) is 18.8 Å². The van der Waals surface area contributed by atoms with Gasteiger partial charge in [-0.05, 0) is 40.4 Å². The van der Waals surface area contributed by atoms with Gasteiger partial charge in [0.05, 0.1) is 0 Å². The first-order valence-electron chi connectivity index (χ1n) is 6.88. The van der Waals surface area contributed by atoms with E-state index in [4.69, 9.17) is 8.85 Å². The van der Waals surface area contributed by atoms with Crippen molar-refractivity contribution in [3.8, 4) is 0 Å². The number of hydrogen-bond donors (Lipinski definition) is 1. The molecule has 0 aromatic rings. The Morgan fingerprint density at radius 1 is 1.18 bits per heavy atom. The van der Waals surface area contributed by atoms with E-state index in [1.807, 2.05) is 7.11 Å². The quantitative estimate of drug-likeness (QED) is 0.390. The Bertz CT molecular complexity index is 472. The molecule has 1 heterocycles. The van der Waals surface area contributed by atoms with Crippen molar-refractivity contribution in [1.29, 1.82) is 0 Å². The van der Waals surface area contributed by atoms with Crippen LogP contribution in [0.3, 0.4) is 0 Å². The molecular formula is C14H26Cl2NO2Si2Ti. The Morgan fingerprint density at radius 3 is 2.05 bits per heavy atom. The smallest absolute Gasteiger partial charge is 1.00 e. The fraction of sp³-hybridized carbons (Fsp3) is 0.714. The van der Waals surface area contributed by atoms with Gasteiger partial charge in [-0.1, -0.05) is 12.2 Å². The first-order chi connectivity index (χ1) is 8.48. The zero-order chi connectivity index (χ0) is 14.6. The van der Waals surface area contributed by atoms with Crippen molar-refractivity contribution in [1.82, 2.24) is 5.32 Å². The maximum absolute atomic E-state index is 6.25. The van der Waals surface area contributed by atoms with Gasteiger partial charge in [-0.3, -0.25) is 0 Å². The molecule has 22 heavy (non-hydrogen) atoms. The summed E-state index contributed by atoms with van der Waals surface area (Å²) in [5.41, 5.74) is 1.24. The average Bonchev–Trinajstić information content (AvgIpc) is 2.59. The summed E-state index contributed by atoms with van der Waals surface area (Å²) in [5.74, 6) is 0. The third-order valence-corrected chi connectivity index (χ3v) is 7.67. The van der Waals surface area contributed by atoms with E-state index in [-0.39, 0.29) is 58.2 Å². The second kappa shape index (κ2) is 7.87. The zero-order valence-electron chi connectivity index (χ0n) is 14.6. The van der Waals surface area contributed by atoms with Crippen LogP contribution in [-0.2, 0) is 30.6 Å². The van der Waals surface area contributed by atoms with Crippen LogP contribution in [-0.4, -0.2) is 35.4 Å². The van der Waals surface area contributed by atoms with Crippen molar-refractivity contribution >= 4 is 16.6 Å². The van der Waals surface area contributed by atoms with Crippen LogP contribution in [0.4, 0.5) is 0 Å². The normalized spacial score (nSPS) is 26.2. The molecule has 0 amide bonds. The van der Waals surface area contributed by atoms with E-state index >= 15 is 0 Å². The van der Waals surface area contributed by atoms with Gasteiger partial charge < -0.3 is 39.0 Å². The fourth-order valence-corrected chi connectivity index (χ4v) is 6.33. The molecule has 0 aromatic heterocycles. The molecule has 1 aliphatic heterocycles. The number of allylic oxidation sites excluding steroid dienone is 2. The Hall–Kier alpha value is 0.928. The van der Waals surface area contributed by atoms with E-state index < -0.39 is 16.6 Å². The molecule has 8 heteroatoms. The summed E-state index contributed by atoms with van der Waals surface area (Å²) in [4.78, 5) is 0. The fourth-order valence-electron chi connectivity index (χ4n) is 2.47. The van der Waals surface area contributed by atoms with Crippen LogP contribution in [0.15, 0.2) is 16.1 Å². The van der Waals surface area contributed by atoms with Crippen LogP contribution in [0.25, 0.3) is 0 Å². The van der Waals surface area contributed by atoms with Crippen molar-refractivity contribution in [3.63, 3.8) is 0 Å². The van der Waals surface area contributed by atoms with Crippen LogP contribution >= 0.6 is 0 Å². The summed E-state index contributed by atoms with van der Waals surface area (Å²) >= 11 is 0. The summed E-state index contributed by atoms with van der Waals surface area (Å²) in [6, 6.07) is 0. The van der Waals surface area contributed by atoms with E-state index in [0.717, 1.165) is 0 Å². The summed E-state index contributed by atoms with van der Waals surface area (Å²) in [7, 11) is -1.51. The second-order valence-corrected chi connectivity index (χ2v) is 15.5. The number of halogens is 2. The average molecular weight is 415 g/mol. The van der Waals surface area contributed by atoms with Crippen molar-refractivity contribution in [2.24, 2.45) is 0 Å². The van der Waals surface area contributed by atoms with E-state index in [1.165, 1.54) is 16.1 Å². The molecule has 0 bridgehead atoms. The summed E-state index contributed by atoms with van der Waals surface area (Å²) in [6.45, 7) is 15.4. The van der Waals surface area contributed by atoms with Gasteiger partial charge in [0.15, 0.2) is 8.32 Å². The van der Waals surface area contributed by atoms with E-state index in [9.17, 15) is 0 Å². The van der Waals surface area contributed by atoms with Crippen LogP contribution < -0.4 is 30.1 Å². The molecule has 125 valence electrons. The van der Waals surface area contributed by atoms with E-state index in [1.54, 1.807) is 0 Å². The van der Waals surface area contributed by atoms with Gasteiger partial charge in [-0.25, -0.2) is 11.3 Å². The molecule has 2 atom stereocenters. The first kappa shape index (κ1) is 25.2. The van der Waals surface area contributed by atoms with Crippen LogP contribution in [0, 0.1) is 6.08 Å². The Labute approximate surface area is 164 Å². The van der Waals surface area contributed by atoms with Crippen LogP contribution in [0.2, 0.25) is 26.2 Å². The molecule has 0 saturated carbocycles. The minimum absolute atomic E-state index is 0. The molecule has 1 fully saturated rings. The SMILES string of the molecule is CO[Si]1(C)C2=[C-]C(O[Si](C)(C)C)C(NC(C)(C)C)=C21.[Cl-].[Cl-].[Ti+3]. The molecule has 1 radical (unpaired) electrons. The standard InChI is InChI=1S/C14H26NO2Si2.2ClH.Ti/c1-14(2,3)15-12-10(17-18(5,6)7)9-11-13(12)19(11,8)16-4;;;/h10,15H,1-8H3;2*1H;/q-1;;;+3/p-2. The monoisotopic (exact) mass is 414 g/mol. The van der Waals surface area contributed by atoms with Gasteiger partial charge in [-0.2, -0.15) is 5.20 Å². The summed E-state index contributed by atoms with van der Waals surface area (Å²) in [5, 5.41) is 6.31. The van der Waals surface area contributed by atoms with Gasteiger partial charge in [0.25, 0.3) is 0 Å². The number of rotatable bonds is 4. The van der Waals surface area contributed by atoms with Crippen molar-refractivity contribution in [2.75, 3.05) is 7.11 Å². The summed E-state index contributed by atoms with van der Waals surface area (Å²) in [6.07, 6.45) is 3.52. The molecule has 0 spiro atoms. The van der Waals surface area contributed by atoms with E-state index in [0.29, 0.717) is 0 Å². The Balaban J connectivity index is 0. The van der Waals surface area contributed by atoms with Gasteiger partial charge in [-0.15, -0.1) is 0 Å². The van der Waals surface area contributed by atoms with Gasteiger partial charge in [0.1, 0.15) is 8.32 Å².